The average Bonchev–Trinajstić information content (AvgIpc) is 2.32. The van der Waals surface area contributed by atoms with Crippen LogP contribution in [-0.4, -0.2) is 18.7 Å². The number of hydrogen-bond acceptors (Lipinski definition) is 3. The van der Waals surface area contributed by atoms with Gasteiger partial charge in [-0.25, -0.2) is 4.79 Å². The molecule has 21 heavy (non-hydrogen) atoms. The zero-order valence-electron chi connectivity index (χ0n) is 12.2. The van der Waals surface area contributed by atoms with E-state index in [1.807, 2.05) is 0 Å². The van der Waals surface area contributed by atoms with Crippen molar-refractivity contribution in [2.24, 2.45) is 0 Å². The standard InChI is InChI=1S/C15H17F3O3/c1-14(2,3)21-13(19)8-6-10-5-7-11(15(16,17)18)12(9-10)20-4/h5-9H,1-4H3/b8-6+. The lowest BCUT2D eigenvalue weighted by atomic mass is 10.1. The van der Waals surface area contributed by atoms with E-state index in [0.717, 1.165) is 19.3 Å². The first kappa shape index (κ1) is 17.1. The third kappa shape index (κ3) is 5.49. The molecule has 0 saturated carbocycles. The van der Waals surface area contributed by atoms with Crippen molar-refractivity contribution >= 4 is 12.0 Å². The van der Waals surface area contributed by atoms with E-state index < -0.39 is 23.3 Å². The van der Waals surface area contributed by atoms with Crippen molar-refractivity contribution in [1.29, 1.82) is 0 Å². The zero-order valence-corrected chi connectivity index (χ0v) is 12.2. The summed E-state index contributed by atoms with van der Waals surface area (Å²) in [5.74, 6) is -0.866. The maximum atomic E-state index is 12.7. The van der Waals surface area contributed by atoms with E-state index in [0.29, 0.717) is 5.56 Å². The summed E-state index contributed by atoms with van der Waals surface area (Å²) in [6.45, 7) is 5.17. The molecule has 3 nitrogen and oxygen atoms in total. The van der Waals surface area contributed by atoms with Gasteiger partial charge >= 0.3 is 12.1 Å². The van der Waals surface area contributed by atoms with Crippen LogP contribution in [0, 0.1) is 0 Å². The SMILES string of the molecule is COc1cc(/C=C/C(=O)OC(C)(C)C)ccc1C(F)(F)F. The lowest BCUT2D eigenvalue weighted by Crippen LogP contribution is -2.22. The second-order valence-corrected chi connectivity index (χ2v) is 5.32. The van der Waals surface area contributed by atoms with Crippen LogP contribution in [-0.2, 0) is 15.7 Å². The first-order valence-electron chi connectivity index (χ1n) is 6.19. The second-order valence-electron chi connectivity index (χ2n) is 5.32. The van der Waals surface area contributed by atoms with Crippen LogP contribution in [0.3, 0.4) is 0 Å². The Labute approximate surface area is 121 Å². The molecule has 0 aliphatic heterocycles. The Morgan fingerprint density at radius 3 is 2.29 bits per heavy atom. The summed E-state index contributed by atoms with van der Waals surface area (Å²) < 4.78 is 47.9. The number of carbonyl (C=O) groups is 1. The fourth-order valence-electron chi connectivity index (χ4n) is 1.55. The molecule has 1 aromatic rings. The van der Waals surface area contributed by atoms with Gasteiger partial charge in [-0.3, -0.25) is 0 Å². The number of halogens is 3. The van der Waals surface area contributed by atoms with E-state index in [2.05, 4.69) is 0 Å². The lowest BCUT2D eigenvalue weighted by molar-refractivity contribution is -0.148. The van der Waals surface area contributed by atoms with Crippen molar-refractivity contribution in [1.82, 2.24) is 0 Å². The van der Waals surface area contributed by atoms with Crippen LogP contribution >= 0.6 is 0 Å². The van der Waals surface area contributed by atoms with E-state index >= 15 is 0 Å². The van der Waals surface area contributed by atoms with Gasteiger partial charge in [-0.2, -0.15) is 13.2 Å². The minimum atomic E-state index is -4.49. The molecule has 6 heteroatoms. The Kier molecular flexibility index (Phi) is 5.04. The summed E-state index contributed by atoms with van der Waals surface area (Å²) in [7, 11) is 1.16. The molecule has 1 aromatic carbocycles. The van der Waals surface area contributed by atoms with Crippen LogP contribution in [0.25, 0.3) is 6.08 Å². The molecule has 0 fully saturated rings. The molecule has 0 aliphatic rings. The molecule has 0 N–H and O–H groups in total. The molecule has 0 bridgehead atoms. The normalized spacial score (nSPS) is 12.5. The van der Waals surface area contributed by atoms with Crippen LogP contribution in [0.4, 0.5) is 13.2 Å². The summed E-state index contributed by atoms with van der Waals surface area (Å²) in [5.41, 5.74) is -1.08. The number of carbonyl (C=O) groups excluding carboxylic acids is 1. The van der Waals surface area contributed by atoms with Crippen molar-refractivity contribution in [3.05, 3.63) is 35.4 Å². The largest absolute Gasteiger partial charge is 0.496 e. The van der Waals surface area contributed by atoms with Crippen molar-refractivity contribution in [3.63, 3.8) is 0 Å². The number of esters is 1. The van der Waals surface area contributed by atoms with Crippen molar-refractivity contribution < 1.29 is 27.4 Å². The number of rotatable bonds is 3. The third-order valence-electron chi connectivity index (χ3n) is 2.35. The fourth-order valence-corrected chi connectivity index (χ4v) is 1.55. The molecule has 0 aromatic heterocycles. The van der Waals surface area contributed by atoms with Gasteiger partial charge in [0, 0.05) is 6.08 Å². The lowest BCUT2D eigenvalue weighted by Gasteiger charge is -2.18. The van der Waals surface area contributed by atoms with E-state index in [1.165, 1.54) is 18.2 Å². The predicted molar refractivity (Wildman–Crippen MR) is 72.9 cm³/mol. The topological polar surface area (TPSA) is 35.5 Å². The van der Waals surface area contributed by atoms with Gasteiger partial charge in [-0.05, 0) is 44.5 Å². The predicted octanol–water partition coefficient (Wildman–Crippen LogP) is 4.07. The van der Waals surface area contributed by atoms with E-state index in [1.54, 1.807) is 20.8 Å². The minimum Gasteiger partial charge on any atom is -0.496 e. The number of methoxy groups -OCH3 is 1. The van der Waals surface area contributed by atoms with Crippen LogP contribution in [0.2, 0.25) is 0 Å². The Bertz CT molecular complexity index is 540. The number of benzene rings is 1. The Hall–Kier alpha value is -1.98. The monoisotopic (exact) mass is 302 g/mol. The molecule has 0 amide bonds. The Balaban J connectivity index is 2.94. The molecule has 0 aliphatic carbocycles. The first-order chi connectivity index (χ1) is 9.53. The van der Waals surface area contributed by atoms with Crippen molar-refractivity contribution in [3.8, 4) is 5.75 Å². The molecule has 0 saturated heterocycles. The van der Waals surface area contributed by atoms with E-state index in [9.17, 15) is 18.0 Å². The van der Waals surface area contributed by atoms with Crippen molar-refractivity contribution in [2.75, 3.05) is 7.11 Å². The van der Waals surface area contributed by atoms with Gasteiger partial charge in [0.05, 0.1) is 12.7 Å². The quantitative estimate of drug-likeness (QED) is 0.623. The van der Waals surface area contributed by atoms with Crippen molar-refractivity contribution in [2.45, 2.75) is 32.5 Å². The first-order valence-corrected chi connectivity index (χ1v) is 6.19. The molecule has 0 unspecified atom stereocenters. The van der Waals surface area contributed by atoms with Crippen LogP contribution in [0.5, 0.6) is 5.75 Å². The maximum Gasteiger partial charge on any atom is 0.419 e. The smallest absolute Gasteiger partial charge is 0.419 e. The number of ether oxygens (including phenoxy) is 2. The summed E-state index contributed by atoms with van der Waals surface area (Å²) >= 11 is 0. The molecule has 116 valence electrons. The van der Waals surface area contributed by atoms with Gasteiger partial charge in [0.15, 0.2) is 0 Å². The molecular weight excluding hydrogens is 285 g/mol. The molecule has 0 heterocycles. The third-order valence-corrected chi connectivity index (χ3v) is 2.35. The highest BCUT2D eigenvalue weighted by Gasteiger charge is 2.34. The Morgan fingerprint density at radius 2 is 1.81 bits per heavy atom. The number of alkyl halides is 3. The van der Waals surface area contributed by atoms with Crippen LogP contribution in [0.1, 0.15) is 31.9 Å². The molecule has 0 spiro atoms. The van der Waals surface area contributed by atoms with Gasteiger partial charge in [0.2, 0.25) is 0 Å². The highest BCUT2D eigenvalue weighted by atomic mass is 19.4. The van der Waals surface area contributed by atoms with Gasteiger partial charge < -0.3 is 9.47 Å². The second kappa shape index (κ2) is 6.20. The molecular formula is C15H17F3O3. The summed E-state index contributed by atoms with van der Waals surface area (Å²) in [5, 5.41) is 0. The van der Waals surface area contributed by atoms with Gasteiger partial charge in [0.1, 0.15) is 11.4 Å². The highest BCUT2D eigenvalue weighted by molar-refractivity contribution is 5.87. The van der Waals surface area contributed by atoms with Gasteiger partial charge in [-0.1, -0.05) is 6.07 Å². The maximum absolute atomic E-state index is 12.7. The van der Waals surface area contributed by atoms with Gasteiger partial charge in [0.25, 0.3) is 0 Å². The highest BCUT2D eigenvalue weighted by Crippen LogP contribution is 2.36. The fraction of sp³-hybridized carbons (Fsp3) is 0.400. The van der Waals surface area contributed by atoms with Crippen LogP contribution in [0.15, 0.2) is 24.3 Å². The molecule has 0 radical (unpaired) electrons. The zero-order chi connectivity index (χ0) is 16.3. The summed E-state index contributed by atoms with van der Waals surface area (Å²) in [6.07, 6.45) is -1.96. The summed E-state index contributed by atoms with van der Waals surface area (Å²) in [4.78, 5) is 11.5. The van der Waals surface area contributed by atoms with E-state index in [4.69, 9.17) is 9.47 Å². The number of hydrogen-bond donors (Lipinski definition) is 0. The average molecular weight is 302 g/mol. The minimum absolute atomic E-state index is 0.297. The summed E-state index contributed by atoms with van der Waals surface area (Å²) in [6, 6.07) is 3.38. The Morgan fingerprint density at radius 1 is 1.19 bits per heavy atom. The molecule has 0 atom stereocenters. The van der Waals surface area contributed by atoms with E-state index in [-0.39, 0.29) is 5.75 Å². The van der Waals surface area contributed by atoms with Crippen LogP contribution < -0.4 is 4.74 Å². The molecule has 1 rings (SSSR count). The van der Waals surface area contributed by atoms with Gasteiger partial charge in [-0.15, -0.1) is 0 Å².